The maximum Gasteiger partial charge on any atom is 0.286 e. The van der Waals surface area contributed by atoms with E-state index in [0.717, 1.165) is 4.47 Å². The van der Waals surface area contributed by atoms with E-state index in [4.69, 9.17) is 0 Å². The molecular weight excluding hydrogens is 412 g/mol. The number of hydrazine groups is 1. The van der Waals surface area contributed by atoms with Gasteiger partial charge in [-0.2, -0.15) is 0 Å². The summed E-state index contributed by atoms with van der Waals surface area (Å²) in [4.78, 5) is 39.1. The van der Waals surface area contributed by atoms with Crippen LogP contribution in [0.5, 0.6) is 0 Å². The first-order chi connectivity index (χ1) is 13.0. The third kappa shape index (κ3) is 4.83. The number of hydrogen-bond acceptors (Lipinski definition) is 3. The second-order valence-corrected chi connectivity index (χ2v) is 6.45. The van der Waals surface area contributed by atoms with Crippen molar-refractivity contribution in [1.82, 2.24) is 15.8 Å². The molecule has 0 saturated carbocycles. The van der Waals surface area contributed by atoms with E-state index in [1.807, 2.05) is 6.07 Å². The van der Waals surface area contributed by atoms with Gasteiger partial charge in [-0.15, -0.1) is 0 Å². The molecule has 0 bridgehead atoms. The number of anilines is 1. The number of carbonyl (C=O) groups excluding carboxylic acids is 3. The Balaban J connectivity index is 1.63. The van der Waals surface area contributed by atoms with Crippen LogP contribution in [0.1, 0.15) is 31.2 Å². The summed E-state index contributed by atoms with van der Waals surface area (Å²) in [5.74, 6) is -1.27. The summed E-state index contributed by atoms with van der Waals surface area (Å²) in [6.45, 7) is 0. The molecule has 7 nitrogen and oxygen atoms in total. The highest BCUT2D eigenvalue weighted by molar-refractivity contribution is 9.10. The van der Waals surface area contributed by atoms with Gasteiger partial charge in [-0.25, -0.2) is 0 Å². The summed E-state index contributed by atoms with van der Waals surface area (Å²) in [6.07, 6.45) is 1.61. The van der Waals surface area contributed by atoms with Crippen LogP contribution in [0.15, 0.2) is 71.3 Å². The Morgan fingerprint density at radius 2 is 1.48 bits per heavy atom. The zero-order valence-corrected chi connectivity index (χ0v) is 15.5. The van der Waals surface area contributed by atoms with E-state index >= 15 is 0 Å². The Labute approximate surface area is 163 Å². The molecule has 0 fully saturated rings. The highest BCUT2D eigenvalue weighted by Gasteiger charge is 2.11. The highest BCUT2D eigenvalue weighted by Crippen LogP contribution is 2.15. The van der Waals surface area contributed by atoms with E-state index in [9.17, 15) is 14.4 Å². The number of nitrogens with one attached hydrogen (secondary N) is 4. The number of hydrogen-bond donors (Lipinski definition) is 4. The minimum Gasteiger partial charge on any atom is -0.357 e. The summed E-state index contributed by atoms with van der Waals surface area (Å²) in [5.41, 5.74) is 6.20. The van der Waals surface area contributed by atoms with Crippen molar-refractivity contribution >= 4 is 39.3 Å². The number of amides is 3. The number of aromatic nitrogens is 1. The van der Waals surface area contributed by atoms with Crippen LogP contribution >= 0.6 is 15.9 Å². The summed E-state index contributed by atoms with van der Waals surface area (Å²) in [6, 6.07) is 16.6. The van der Waals surface area contributed by atoms with Gasteiger partial charge in [-0.3, -0.25) is 25.2 Å². The maximum absolute atomic E-state index is 12.3. The molecule has 0 aliphatic rings. The van der Waals surface area contributed by atoms with Crippen molar-refractivity contribution in [2.75, 3.05) is 5.32 Å². The van der Waals surface area contributed by atoms with Gasteiger partial charge in [-0.1, -0.05) is 28.1 Å². The van der Waals surface area contributed by atoms with Gasteiger partial charge in [0.1, 0.15) is 5.69 Å². The lowest BCUT2D eigenvalue weighted by Crippen LogP contribution is -2.41. The first-order valence-electron chi connectivity index (χ1n) is 7.94. The first-order valence-corrected chi connectivity index (χ1v) is 8.73. The summed E-state index contributed by atoms with van der Waals surface area (Å²) >= 11 is 3.32. The van der Waals surface area contributed by atoms with Crippen LogP contribution < -0.4 is 16.2 Å². The Bertz CT molecular complexity index is 986. The van der Waals surface area contributed by atoms with Crippen molar-refractivity contribution in [1.29, 1.82) is 0 Å². The van der Waals surface area contributed by atoms with Crippen molar-refractivity contribution in [2.45, 2.75) is 0 Å². The molecule has 0 aliphatic carbocycles. The monoisotopic (exact) mass is 426 g/mol. The van der Waals surface area contributed by atoms with Gasteiger partial charge < -0.3 is 10.3 Å². The molecule has 0 saturated heterocycles. The van der Waals surface area contributed by atoms with E-state index in [2.05, 4.69) is 37.1 Å². The number of benzene rings is 2. The van der Waals surface area contributed by atoms with Crippen molar-refractivity contribution in [3.63, 3.8) is 0 Å². The summed E-state index contributed by atoms with van der Waals surface area (Å²) < 4.78 is 0.793. The van der Waals surface area contributed by atoms with Crippen LogP contribution in [-0.4, -0.2) is 22.7 Å². The molecule has 27 heavy (non-hydrogen) atoms. The minimum absolute atomic E-state index is 0.286. The van der Waals surface area contributed by atoms with Gasteiger partial charge in [0.15, 0.2) is 0 Å². The molecule has 1 aromatic heterocycles. The quantitative estimate of drug-likeness (QED) is 0.481. The first kappa shape index (κ1) is 18.4. The van der Waals surface area contributed by atoms with Gasteiger partial charge >= 0.3 is 0 Å². The SMILES string of the molecule is O=C(NNC(=O)c1ccc[nH]1)c1cccc(NC(=O)c2cccc(Br)c2)c1. The van der Waals surface area contributed by atoms with Gasteiger partial charge in [0.05, 0.1) is 0 Å². The number of halogens is 1. The predicted molar refractivity (Wildman–Crippen MR) is 104 cm³/mol. The fourth-order valence-electron chi connectivity index (χ4n) is 2.30. The Morgan fingerprint density at radius 3 is 2.19 bits per heavy atom. The van der Waals surface area contributed by atoms with Crippen LogP contribution in [-0.2, 0) is 0 Å². The van der Waals surface area contributed by atoms with Crippen LogP contribution in [0, 0.1) is 0 Å². The van der Waals surface area contributed by atoms with E-state index in [1.54, 1.807) is 54.7 Å². The topological polar surface area (TPSA) is 103 Å². The molecule has 0 unspecified atom stereocenters. The van der Waals surface area contributed by atoms with Crippen LogP contribution in [0.3, 0.4) is 0 Å². The van der Waals surface area contributed by atoms with E-state index in [-0.39, 0.29) is 11.5 Å². The van der Waals surface area contributed by atoms with E-state index < -0.39 is 11.8 Å². The normalized spacial score (nSPS) is 10.1. The molecule has 0 atom stereocenters. The van der Waals surface area contributed by atoms with Crippen molar-refractivity contribution in [2.24, 2.45) is 0 Å². The lowest BCUT2D eigenvalue weighted by Gasteiger charge is -2.09. The van der Waals surface area contributed by atoms with Gasteiger partial charge in [-0.05, 0) is 48.5 Å². The minimum atomic E-state index is -0.506. The molecule has 3 rings (SSSR count). The van der Waals surface area contributed by atoms with E-state index in [1.165, 1.54) is 6.07 Å². The third-order valence-corrected chi connectivity index (χ3v) is 4.09. The average molecular weight is 427 g/mol. The van der Waals surface area contributed by atoms with Crippen LogP contribution in [0.2, 0.25) is 0 Å². The molecule has 0 aliphatic heterocycles. The predicted octanol–water partition coefficient (Wildman–Crippen LogP) is 3.10. The van der Waals surface area contributed by atoms with Crippen molar-refractivity contribution in [3.05, 3.63) is 88.2 Å². The molecular formula is C19H15BrN4O3. The fraction of sp³-hybridized carbons (Fsp3) is 0. The number of aromatic amines is 1. The molecule has 2 aromatic carbocycles. The van der Waals surface area contributed by atoms with Crippen molar-refractivity contribution < 1.29 is 14.4 Å². The Hall–Kier alpha value is -3.39. The zero-order chi connectivity index (χ0) is 19.2. The number of rotatable bonds is 4. The number of H-pyrrole nitrogens is 1. The summed E-state index contributed by atoms with van der Waals surface area (Å²) in [7, 11) is 0. The molecule has 3 aromatic rings. The van der Waals surface area contributed by atoms with E-state index in [0.29, 0.717) is 16.9 Å². The number of carbonyl (C=O) groups is 3. The van der Waals surface area contributed by atoms with Gasteiger partial charge in [0.2, 0.25) is 0 Å². The maximum atomic E-state index is 12.3. The molecule has 0 spiro atoms. The highest BCUT2D eigenvalue weighted by atomic mass is 79.9. The molecule has 0 radical (unpaired) electrons. The molecule has 3 amide bonds. The lowest BCUT2D eigenvalue weighted by atomic mass is 10.1. The van der Waals surface area contributed by atoms with Crippen LogP contribution in [0.25, 0.3) is 0 Å². The average Bonchev–Trinajstić information content (AvgIpc) is 3.21. The Morgan fingerprint density at radius 1 is 0.778 bits per heavy atom. The smallest absolute Gasteiger partial charge is 0.286 e. The largest absolute Gasteiger partial charge is 0.357 e. The standard InChI is InChI=1S/C19H15BrN4O3/c20-14-6-1-4-12(10-14)17(25)22-15-7-2-5-13(11-15)18(26)23-24-19(27)16-8-3-9-21-16/h1-11,21H,(H,22,25)(H,23,26)(H,24,27). The molecule has 1 heterocycles. The molecule has 8 heteroatoms. The second kappa shape index (κ2) is 8.33. The molecule has 4 N–H and O–H groups in total. The van der Waals surface area contributed by atoms with Crippen molar-refractivity contribution in [3.8, 4) is 0 Å². The van der Waals surface area contributed by atoms with Gasteiger partial charge in [0.25, 0.3) is 17.7 Å². The lowest BCUT2D eigenvalue weighted by molar-refractivity contribution is 0.0844. The third-order valence-electron chi connectivity index (χ3n) is 3.60. The summed E-state index contributed by atoms with van der Waals surface area (Å²) in [5, 5.41) is 2.74. The second-order valence-electron chi connectivity index (χ2n) is 5.54. The zero-order valence-electron chi connectivity index (χ0n) is 14.0. The van der Waals surface area contributed by atoms with Crippen LogP contribution in [0.4, 0.5) is 5.69 Å². The molecule has 136 valence electrons. The van der Waals surface area contributed by atoms with Gasteiger partial charge in [0, 0.05) is 27.5 Å². The fourth-order valence-corrected chi connectivity index (χ4v) is 2.70. The Kier molecular flexibility index (Phi) is 5.68.